The third-order valence-electron chi connectivity index (χ3n) is 8.04. The first-order valence-corrected chi connectivity index (χ1v) is 12.6. The Hall–Kier alpha value is -1.78. The van der Waals surface area contributed by atoms with E-state index in [1.54, 1.807) is 12.1 Å². The van der Waals surface area contributed by atoms with E-state index >= 15 is 0 Å². The minimum atomic E-state index is -0.362. The average molecular weight is 472 g/mol. The number of nitrogens with one attached hydrogen (secondary N) is 1. The van der Waals surface area contributed by atoms with Crippen LogP contribution in [0.3, 0.4) is 0 Å². The van der Waals surface area contributed by atoms with Crippen molar-refractivity contribution in [2.24, 2.45) is 16.7 Å². The van der Waals surface area contributed by atoms with Gasteiger partial charge in [0, 0.05) is 17.6 Å². The van der Waals surface area contributed by atoms with E-state index < -0.39 is 0 Å². The molecule has 0 radical (unpaired) electrons. The van der Waals surface area contributed by atoms with Gasteiger partial charge >= 0.3 is 0 Å². The molecule has 4 aliphatic carbocycles. The molecule has 4 saturated carbocycles. The van der Waals surface area contributed by atoms with Gasteiger partial charge in [-0.2, -0.15) is 0 Å². The Balaban J connectivity index is 1.29. The molecule has 4 fully saturated rings. The van der Waals surface area contributed by atoms with Crippen LogP contribution in [0.15, 0.2) is 36.4 Å². The summed E-state index contributed by atoms with van der Waals surface area (Å²) in [5.74, 6) is 1.80. The van der Waals surface area contributed by atoms with Crippen molar-refractivity contribution in [1.82, 2.24) is 5.32 Å². The molecule has 2 unspecified atom stereocenters. The monoisotopic (exact) mass is 471 g/mol. The SMILES string of the molecule is CCOc1cc(CNC23CC4C[C@@](C)(C2)C[C@](C)(C4)C3)ccc1OCc1c(F)cccc1Cl. The first-order chi connectivity index (χ1) is 15.7. The normalized spacial score (nSPS) is 32.2. The number of ether oxygens (including phenoxy) is 2. The first kappa shape index (κ1) is 23.0. The summed E-state index contributed by atoms with van der Waals surface area (Å²) in [5.41, 5.74) is 2.77. The third-order valence-corrected chi connectivity index (χ3v) is 8.39. The van der Waals surface area contributed by atoms with Crippen molar-refractivity contribution in [3.63, 3.8) is 0 Å². The minimum Gasteiger partial charge on any atom is -0.490 e. The van der Waals surface area contributed by atoms with Crippen LogP contribution in [0.4, 0.5) is 4.39 Å². The highest BCUT2D eigenvalue weighted by Crippen LogP contribution is 2.66. The van der Waals surface area contributed by atoms with Gasteiger partial charge in [-0.15, -0.1) is 0 Å². The first-order valence-electron chi connectivity index (χ1n) is 12.3. The highest BCUT2D eigenvalue weighted by atomic mass is 35.5. The molecule has 5 heteroatoms. The summed E-state index contributed by atoms with van der Waals surface area (Å²) in [6.07, 6.45) is 8.06. The number of hydrogen-bond donors (Lipinski definition) is 1. The number of benzene rings is 2. The lowest BCUT2D eigenvalue weighted by atomic mass is 9.43. The smallest absolute Gasteiger partial charge is 0.161 e. The van der Waals surface area contributed by atoms with Crippen LogP contribution >= 0.6 is 11.6 Å². The predicted octanol–water partition coefficient (Wildman–Crippen LogP) is 7.30. The fourth-order valence-electron chi connectivity index (χ4n) is 7.80. The molecule has 0 aliphatic heterocycles. The molecular weight excluding hydrogens is 437 g/mol. The molecule has 4 aliphatic rings. The molecule has 178 valence electrons. The minimum absolute atomic E-state index is 0.0604. The zero-order chi connectivity index (χ0) is 23.3. The molecule has 2 aromatic carbocycles. The van der Waals surface area contributed by atoms with Gasteiger partial charge in [0.05, 0.1) is 11.6 Å². The average Bonchev–Trinajstić information content (AvgIpc) is 2.71. The Morgan fingerprint density at radius 2 is 1.76 bits per heavy atom. The maximum Gasteiger partial charge on any atom is 0.161 e. The van der Waals surface area contributed by atoms with Crippen molar-refractivity contribution in [2.75, 3.05) is 6.61 Å². The molecule has 3 nitrogen and oxygen atoms in total. The van der Waals surface area contributed by atoms with E-state index in [9.17, 15) is 4.39 Å². The number of rotatable bonds is 8. The molecule has 0 heterocycles. The Kier molecular flexibility index (Phi) is 5.89. The summed E-state index contributed by atoms with van der Waals surface area (Å²) in [5, 5.41) is 4.36. The van der Waals surface area contributed by atoms with Crippen LogP contribution in [-0.4, -0.2) is 12.1 Å². The Morgan fingerprint density at radius 3 is 2.42 bits per heavy atom. The van der Waals surface area contributed by atoms with Crippen molar-refractivity contribution in [3.05, 3.63) is 58.4 Å². The molecule has 0 amide bonds. The van der Waals surface area contributed by atoms with Gasteiger partial charge in [-0.3, -0.25) is 0 Å². The predicted molar refractivity (Wildman–Crippen MR) is 130 cm³/mol. The van der Waals surface area contributed by atoms with Gasteiger partial charge in [0.1, 0.15) is 12.4 Å². The molecular formula is C28H35ClFNO2. The van der Waals surface area contributed by atoms with Crippen LogP contribution in [0.2, 0.25) is 5.02 Å². The van der Waals surface area contributed by atoms with Crippen molar-refractivity contribution >= 4 is 11.6 Å². The molecule has 0 spiro atoms. The number of halogens is 2. The molecule has 6 rings (SSSR count). The van der Waals surface area contributed by atoms with Crippen LogP contribution in [0.5, 0.6) is 11.5 Å². The van der Waals surface area contributed by atoms with E-state index in [0.29, 0.717) is 39.5 Å². The Labute approximate surface area is 202 Å². The molecule has 1 N–H and O–H groups in total. The maximum atomic E-state index is 14.1. The van der Waals surface area contributed by atoms with E-state index in [0.717, 1.165) is 12.5 Å². The second kappa shape index (κ2) is 8.46. The van der Waals surface area contributed by atoms with Gasteiger partial charge in [-0.05, 0) is 92.0 Å². The van der Waals surface area contributed by atoms with Gasteiger partial charge in [0.15, 0.2) is 11.5 Å². The van der Waals surface area contributed by atoms with Gasteiger partial charge in [-0.25, -0.2) is 4.39 Å². The summed E-state index contributed by atoms with van der Waals surface area (Å²) in [6.45, 7) is 8.39. The third kappa shape index (κ3) is 4.61. The van der Waals surface area contributed by atoms with Crippen LogP contribution in [0, 0.1) is 22.6 Å². The van der Waals surface area contributed by atoms with Crippen molar-refractivity contribution in [3.8, 4) is 11.5 Å². The quantitative estimate of drug-likeness (QED) is 0.438. The maximum absolute atomic E-state index is 14.1. The van der Waals surface area contributed by atoms with Crippen LogP contribution in [-0.2, 0) is 13.2 Å². The van der Waals surface area contributed by atoms with Crippen molar-refractivity contribution < 1.29 is 13.9 Å². The van der Waals surface area contributed by atoms with Crippen LogP contribution < -0.4 is 14.8 Å². The summed E-state index contributed by atoms with van der Waals surface area (Å²) in [6, 6.07) is 10.7. The lowest BCUT2D eigenvalue weighted by Crippen LogP contribution is -2.63. The lowest BCUT2D eigenvalue weighted by molar-refractivity contribution is -0.118. The second-order valence-electron chi connectivity index (χ2n) is 11.5. The van der Waals surface area contributed by atoms with E-state index in [4.69, 9.17) is 21.1 Å². The highest BCUT2D eigenvalue weighted by molar-refractivity contribution is 6.31. The van der Waals surface area contributed by atoms with E-state index in [2.05, 4.69) is 31.3 Å². The van der Waals surface area contributed by atoms with Crippen molar-refractivity contribution in [2.45, 2.75) is 78.0 Å². The van der Waals surface area contributed by atoms with Gasteiger partial charge in [0.2, 0.25) is 0 Å². The van der Waals surface area contributed by atoms with Crippen LogP contribution in [0.1, 0.15) is 70.4 Å². The Morgan fingerprint density at radius 1 is 1.00 bits per heavy atom. The van der Waals surface area contributed by atoms with Gasteiger partial charge in [0.25, 0.3) is 0 Å². The second-order valence-corrected chi connectivity index (χ2v) is 11.9. The zero-order valence-corrected chi connectivity index (χ0v) is 20.7. The topological polar surface area (TPSA) is 30.5 Å². The molecule has 0 aromatic heterocycles. The van der Waals surface area contributed by atoms with Crippen molar-refractivity contribution in [1.29, 1.82) is 0 Å². The summed E-state index contributed by atoms with van der Waals surface area (Å²) in [7, 11) is 0. The standard InChI is InChI=1S/C28H35ClFNO2/c1-4-32-25-10-19(8-9-24(25)33-15-21-22(29)6-5-7-23(21)30)14-31-28-13-20-11-26(2,17-28)16-27(3,12-20)18-28/h5-10,20,31H,4,11-18H2,1-3H3/t20?,26-,27+,28?. The summed E-state index contributed by atoms with van der Waals surface area (Å²) >= 11 is 6.15. The molecule has 2 aromatic rings. The summed E-state index contributed by atoms with van der Waals surface area (Å²) in [4.78, 5) is 0. The van der Waals surface area contributed by atoms with Gasteiger partial charge in [-0.1, -0.05) is 37.6 Å². The fraction of sp³-hybridized carbons (Fsp3) is 0.571. The molecule has 0 saturated heterocycles. The number of hydrogen-bond acceptors (Lipinski definition) is 3. The van der Waals surface area contributed by atoms with E-state index in [1.165, 1.54) is 50.2 Å². The van der Waals surface area contributed by atoms with Crippen LogP contribution in [0.25, 0.3) is 0 Å². The molecule has 4 atom stereocenters. The zero-order valence-electron chi connectivity index (χ0n) is 20.0. The molecule has 4 bridgehead atoms. The largest absolute Gasteiger partial charge is 0.490 e. The fourth-order valence-corrected chi connectivity index (χ4v) is 8.02. The van der Waals surface area contributed by atoms with E-state index in [-0.39, 0.29) is 18.0 Å². The highest BCUT2D eigenvalue weighted by Gasteiger charge is 2.59. The van der Waals surface area contributed by atoms with E-state index in [1.807, 2.05) is 13.0 Å². The lowest BCUT2D eigenvalue weighted by Gasteiger charge is -2.65. The van der Waals surface area contributed by atoms with Gasteiger partial charge < -0.3 is 14.8 Å². The summed E-state index contributed by atoms with van der Waals surface area (Å²) < 4.78 is 25.9. The Bertz CT molecular complexity index is 1000. The molecule has 33 heavy (non-hydrogen) atoms.